The van der Waals surface area contributed by atoms with Gasteiger partial charge in [0.1, 0.15) is 0 Å². The van der Waals surface area contributed by atoms with Crippen LogP contribution in [0.3, 0.4) is 0 Å². The summed E-state index contributed by atoms with van der Waals surface area (Å²) in [4.78, 5) is 14.3. The van der Waals surface area contributed by atoms with Gasteiger partial charge in [-0.1, -0.05) is 25.1 Å². The first-order valence-corrected chi connectivity index (χ1v) is 5.69. The number of nitrogens with one attached hydrogen (secondary N) is 2. The van der Waals surface area contributed by atoms with E-state index < -0.39 is 0 Å². The summed E-state index contributed by atoms with van der Waals surface area (Å²) in [7, 11) is 0. The van der Waals surface area contributed by atoms with Crippen molar-refractivity contribution in [3.8, 4) is 0 Å². The Balaban J connectivity index is 2.08. The third-order valence-corrected chi connectivity index (χ3v) is 2.49. The Hall–Kier alpha value is -2.10. The Morgan fingerprint density at radius 3 is 3.12 bits per heavy atom. The molecule has 0 spiro atoms. The highest BCUT2D eigenvalue weighted by atomic mass is 16.2. The molecule has 0 bridgehead atoms. The minimum Gasteiger partial charge on any atom is -0.361 e. The van der Waals surface area contributed by atoms with Crippen LogP contribution < -0.4 is 5.43 Å². The van der Waals surface area contributed by atoms with Crippen LogP contribution in [0.15, 0.2) is 35.6 Å². The molecule has 0 saturated heterocycles. The number of hydrogen-bond acceptors (Lipinski definition) is 2. The molecule has 1 amide bonds. The number of carbonyl (C=O) groups excluding carboxylic acids is 1. The summed E-state index contributed by atoms with van der Waals surface area (Å²) >= 11 is 0. The fourth-order valence-electron chi connectivity index (χ4n) is 1.66. The normalized spacial score (nSPS) is 11.1. The highest BCUT2D eigenvalue weighted by molar-refractivity contribution is 5.99. The predicted octanol–water partition coefficient (Wildman–Crippen LogP) is 2.42. The molecular weight excluding hydrogens is 214 g/mol. The molecule has 2 N–H and O–H groups in total. The number of fused-ring (bicyclic) bond motifs is 1. The van der Waals surface area contributed by atoms with Gasteiger partial charge >= 0.3 is 0 Å². The van der Waals surface area contributed by atoms with Gasteiger partial charge in [0.05, 0.1) is 6.21 Å². The molecular formula is C13H15N3O. The number of hydrogen-bond donors (Lipinski definition) is 2. The lowest BCUT2D eigenvalue weighted by Crippen LogP contribution is -2.16. The lowest BCUT2D eigenvalue weighted by atomic mass is 10.2. The molecule has 0 saturated carbocycles. The van der Waals surface area contributed by atoms with E-state index in [1.54, 1.807) is 6.21 Å². The Bertz CT molecular complexity index is 542. The number of rotatable bonds is 4. The van der Waals surface area contributed by atoms with E-state index in [1.807, 2.05) is 37.4 Å². The molecule has 0 fully saturated rings. The van der Waals surface area contributed by atoms with E-state index >= 15 is 0 Å². The Kier molecular flexibility index (Phi) is 3.55. The molecule has 0 atom stereocenters. The maximum atomic E-state index is 11.2. The topological polar surface area (TPSA) is 57.2 Å². The quantitative estimate of drug-likeness (QED) is 0.614. The van der Waals surface area contributed by atoms with Crippen molar-refractivity contribution in [2.45, 2.75) is 19.8 Å². The molecule has 4 nitrogen and oxygen atoms in total. The third-order valence-electron chi connectivity index (χ3n) is 2.49. The Morgan fingerprint density at radius 1 is 1.47 bits per heavy atom. The van der Waals surface area contributed by atoms with Crippen molar-refractivity contribution >= 4 is 23.0 Å². The molecule has 0 aliphatic heterocycles. The predicted molar refractivity (Wildman–Crippen MR) is 68.9 cm³/mol. The summed E-state index contributed by atoms with van der Waals surface area (Å²) in [5.74, 6) is -0.0522. The van der Waals surface area contributed by atoms with Crippen LogP contribution in [-0.4, -0.2) is 17.1 Å². The van der Waals surface area contributed by atoms with Crippen LogP contribution in [0.2, 0.25) is 0 Å². The van der Waals surface area contributed by atoms with Crippen molar-refractivity contribution in [1.82, 2.24) is 10.4 Å². The van der Waals surface area contributed by atoms with Crippen molar-refractivity contribution in [2.75, 3.05) is 0 Å². The molecule has 0 radical (unpaired) electrons. The van der Waals surface area contributed by atoms with Gasteiger partial charge in [-0.25, -0.2) is 5.43 Å². The van der Waals surface area contributed by atoms with E-state index in [-0.39, 0.29) is 5.91 Å². The number of carbonyl (C=O) groups is 1. The molecule has 0 unspecified atom stereocenters. The number of H-pyrrole nitrogens is 1. The van der Waals surface area contributed by atoms with Crippen LogP contribution in [0.5, 0.6) is 0 Å². The summed E-state index contributed by atoms with van der Waals surface area (Å²) in [5, 5.41) is 5.04. The van der Waals surface area contributed by atoms with Gasteiger partial charge < -0.3 is 4.98 Å². The number of aromatic nitrogens is 1. The number of aromatic amines is 1. The average molecular weight is 229 g/mol. The maximum Gasteiger partial charge on any atom is 0.240 e. The standard InChI is InChI=1S/C13H15N3O/c1-2-5-13(17)16-15-9-10-8-14-12-7-4-3-6-11(10)12/h3-4,6-9,14H,2,5H2,1H3,(H,16,17). The zero-order valence-corrected chi connectivity index (χ0v) is 9.73. The molecule has 2 aromatic rings. The largest absolute Gasteiger partial charge is 0.361 e. The SMILES string of the molecule is CCCC(=O)NN=Cc1c[nH]c2ccccc12. The van der Waals surface area contributed by atoms with Crippen molar-refractivity contribution in [2.24, 2.45) is 5.10 Å². The summed E-state index contributed by atoms with van der Waals surface area (Å²) < 4.78 is 0. The lowest BCUT2D eigenvalue weighted by molar-refractivity contribution is -0.121. The third kappa shape index (κ3) is 2.72. The molecule has 1 aromatic heterocycles. The molecule has 17 heavy (non-hydrogen) atoms. The van der Waals surface area contributed by atoms with Gasteiger partial charge in [-0.05, 0) is 12.5 Å². The molecule has 1 heterocycles. The fraction of sp³-hybridized carbons (Fsp3) is 0.231. The molecule has 0 aliphatic rings. The Morgan fingerprint density at radius 2 is 2.29 bits per heavy atom. The minimum absolute atomic E-state index is 0.0522. The van der Waals surface area contributed by atoms with Crippen LogP contribution in [0.4, 0.5) is 0 Å². The van der Waals surface area contributed by atoms with Gasteiger partial charge in [0.2, 0.25) is 5.91 Å². The van der Waals surface area contributed by atoms with E-state index in [0.717, 1.165) is 22.9 Å². The monoisotopic (exact) mass is 229 g/mol. The first-order valence-electron chi connectivity index (χ1n) is 5.69. The fourth-order valence-corrected chi connectivity index (χ4v) is 1.66. The van der Waals surface area contributed by atoms with E-state index in [2.05, 4.69) is 15.5 Å². The summed E-state index contributed by atoms with van der Waals surface area (Å²) in [6.45, 7) is 1.96. The maximum absolute atomic E-state index is 11.2. The number of nitrogens with zero attached hydrogens (tertiary/aromatic N) is 1. The summed E-state index contributed by atoms with van der Waals surface area (Å²) in [5.41, 5.74) is 4.54. The van der Waals surface area contributed by atoms with Crippen LogP contribution in [0.25, 0.3) is 10.9 Å². The second-order valence-electron chi connectivity index (χ2n) is 3.83. The Labute approximate surface area is 99.7 Å². The van der Waals surface area contributed by atoms with Gasteiger partial charge in [-0.3, -0.25) is 4.79 Å². The molecule has 2 rings (SSSR count). The summed E-state index contributed by atoms with van der Waals surface area (Å²) in [6.07, 6.45) is 4.87. The molecule has 88 valence electrons. The second kappa shape index (κ2) is 5.30. The van der Waals surface area contributed by atoms with Crippen molar-refractivity contribution in [1.29, 1.82) is 0 Å². The van der Waals surface area contributed by atoms with Gasteiger partial charge in [0.15, 0.2) is 0 Å². The van der Waals surface area contributed by atoms with E-state index in [0.29, 0.717) is 6.42 Å². The second-order valence-corrected chi connectivity index (χ2v) is 3.83. The van der Waals surface area contributed by atoms with Crippen molar-refractivity contribution in [3.63, 3.8) is 0 Å². The van der Waals surface area contributed by atoms with Gasteiger partial charge in [-0.15, -0.1) is 0 Å². The van der Waals surface area contributed by atoms with Crippen LogP contribution >= 0.6 is 0 Å². The average Bonchev–Trinajstić information content (AvgIpc) is 2.73. The van der Waals surface area contributed by atoms with Gasteiger partial charge in [-0.2, -0.15) is 5.10 Å². The molecule has 1 aromatic carbocycles. The number of amides is 1. The number of hydrazone groups is 1. The van der Waals surface area contributed by atoms with Crippen LogP contribution in [0, 0.1) is 0 Å². The van der Waals surface area contributed by atoms with Crippen LogP contribution in [0.1, 0.15) is 25.3 Å². The highest BCUT2D eigenvalue weighted by Crippen LogP contribution is 2.15. The zero-order valence-electron chi connectivity index (χ0n) is 9.73. The van der Waals surface area contributed by atoms with Crippen LogP contribution in [-0.2, 0) is 4.79 Å². The molecule has 0 aliphatic carbocycles. The first-order chi connectivity index (χ1) is 8.31. The summed E-state index contributed by atoms with van der Waals surface area (Å²) in [6, 6.07) is 7.97. The van der Waals surface area contributed by atoms with Gasteiger partial charge in [0.25, 0.3) is 0 Å². The molecule has 4 heteroatoms. The van der Waals surface area contributed by atoms with E-state index in [4.69, 9.17) is 0 Å². The highest BCUT2D eigenvalue weighted by Gasteiger charge is 2.00. The van der Waals surface area contributed by atoms with Crippen molar-refractivity contribution < 1.29 is 4.79 Å². The smallest absolute Gasteiger partial charge is 0.240 e. The number of benzene rings is 1. The zero-order chi connectivity index (χ0) is 12.1. The van der Waals surface area contributed by atoms with Crippen molar-refractivity contribution in [3.05, 3.63) is 36.0 Å². The lowest BCUT2D eigenvalue weighted by Gasteiger charge is -1.95. The van der Waals surface area contributed by atoms with E-state index in [1.165, 1.54) is 0 Å². The van der Waals surface area contributed by atoms with E-state index in [9.17, 15) is 4.79 Å². The first kappa shape index (κ1) is 11.4. The van der Waals surface area contributed by atoms with Gasteiger partial charge in [0, 0.05) is 29.1 Å². The minimum atomic E-state index is -0.0522. The number of para-hydroxylation sites is 1.